The molecule has 26 heavy (non-hydrogen) atoms. The van der Waals surface area contributed by atoms with Gasteiger partial charge in [0.05, 0.1) is 20.3 Å². The standard InChI is InChI=1S/C18H18N4O3S/c1-24-10-9-22(17(23)13-5-3-7-15(11-13)25-2)18-21-20-16(26-18)14-6-4-8-19-12-14/h3-8,11-12H,9-10H2,1-2H3. The van der Waals surface area contributed by atoms with Crippen LogP contribution in [0.2, 0.25) is 0 Å². The van der Waals surface area contributed by atoms with Crippen molar-refractivity contribution in [2.24, 2.45) is 0 Å². The second-order valence-corrected chi connectivity index (χ2v) is 6.27. The van der Waals surface area contributed by atoms with Gasteiger partial charge in [-0.15, -0.1) is 10.2 Å². The second kappa shape index (κ2) is 8.50. The first-order valence-corrected chi connectivity index (χ1v) is 8.73. The molecule has 3 rings (SSSR count). The van der Waals surface area contributed by atoms with E-state index in [9.17, 15) is 4.79 Å². The van der Waals surface area contributed by atoms with E-state index in [1.165, 1.54) is 11.3 Å². The number of rotatable bonds is 7. The summed E-state index contributed by atoms with van der Waals surface area (Å²) in [6.07, 6.45) is 3.41. The summed E-state index contributed by atoms with van der Waals surface area (Å²) in [5.41, 5.74) is 1.37. The monoisotopic (exact) mass is 370 g/mol. The number of hydrogen-bond acceptors (Lipinski definition) is 7. The molecule has 2 heterocycles. The maximum absolute atomic E-state index is 13.0. The molecule has 0 radical (unpaired) electrons. The van der Waals surface area contributed by atoms with Gasteiger partial charge in [-0.1, -0.05) is 17.4 Å². The summed E-state index contributed by atoms with van der Waals surface area (Å²) in [6, 6.07) is 10.8. The maximum atomic E-state index is 13.0. The Hall–Kier alpha value is -2.84. The molecule has 0 saturated carbocycles. The Morgan fingerprint density at radius 2 is 2.08 bits per heavy atom. The molecule has 7 nitrogen and oxygen atoms in total. The fraction of sp³-hybridized carbons (Fsp3) is 0.222. The van der Waals surface area contributed by atoms with Crippen LogP contribution in [-0.4, -0.2) is 48.5 Å². The smallest absolute Gasteiger partial charge is 0.260 e. The fourth-order valence-corrected chi connectivity index (χ4v) is 3.17. The zero-order valence-electron chi connectivity index (χ0n) is 14.5. The van der Waals surface area contributed by atoms with Crippen LogP contribution in [0, 0.1) is 0 Å². The third kappa shape index (κ3) is 4.04. The number of benzene rings is 1. The van der Waals surface area contributed by atoms with E-state index in [0.717, 1.165) is 5.56 Å². The summed E-state index contributed by atoms with van der Waals surface area (Å²) in [7, 11) is 3.16. The summed E-state index contributed by atoms with van der Waals surface area (Å²) < 4.78 is 10.3. The van der Waals surface area contributed by atoms with Crippen LogP contribution in [0.4, 0.5) is 5.13 Å². The fourth-order valence-electron chi connectivity index (χ4n) is 2.31. The highest BCUT2D eigenvalue weighted by Gasteiger charge is 2.22. The van der Waals surface area contributed by atoms with Gasteiger partial charge in [-0.05, 0) is 30.3 Å². The molecule has 0 bridgehead atoms. The third-order valence-electron chi connectivity index (χ3n) is 3.63. The van der Waals surface area contributed by atoms with Crippen LogP contribution >= 0.6 is 11.3 Å². The Morgan fingerprint density at radius 1 is 1.19 bits per heavy atom. The number of anilines is 1. The second-order valence-electron chi connectivity index (χ2n) is 5.31. The van der Waals surface area contributed by atoms with Gasteiger partial charge in [0.15, 0.2) is 5.01 Å². The SMILES string of the molecule is COCCN(C(=O)c1cccc(OC)c1)c1nnc(-c2cccnc2)s1. The van der Waals surface area contributed by atoms with E-state index < -0.39 is 0 Å². The number of methoxy groups -OCH3 is 2. The van der Waals surface area contributed by atoms with Crippen molar-refractivity contribution in [3.63, 3.8) is 0 Å². The molecule has 0 N–H and O–H groups in total. The molecule has 0 spiro atoms. The van der Waals surface area contributed by atoms with Gasteiger partial charge < -0.3 is 9.47 Å². The highest BCUT2D eigenvalue weighted by Crippen LogP contribution is 2.29. The van der Waals surface area contributed by atoms with Gasteiger partial charge in [0.25, 0.3) is 5.91 Å². The normalized spacial score (nSPS) is 10.5. The molecule has 134 valence electrons. The highest BCUT2D eigenvalue weighted by molar-refractivity contribution is 7.18. The molecule has 8 heteroatoms. The minimum absolute atomic E-state index is 0.185. The van der Waals surface area contributed by atoms with Crippen molar-refractivity contribution in [2.45, 2.75) is 0 Å². The number of carbonyl (C=O) groups is 1. The van der Waals surface area contributed by atoms with Crippen LogP contribution in [-0.2, 0) is 4.74 Å². The average Bonchev–Trinajstić information content (AvgIpc) is 3.19. The number of hydrogen-bond donors (Lipinski definition) is 0. The zero-order chi connectivity index (χ0) is 18.4. The highest BCUT2D eigenvalue weighted by atomic mass is 32.1. The largest absolute Gasteiger partial charge is 0.497 e. The van der Waals surface area contributed by atoms with Crippen LogP contribution in [0.3, 0.4) is 0 Å². The molecule has 0 fully saturated rings. The molecule has 0 atom stereocenters. The van der Waals surface area contributed by atoms with Gasteiger partial charge in [-0.2, -0.15) is 0 Å². The lowest BCUT2D eigenvalue weighted by Gasteiger charge is -2.19. The van der Waals surface area contributed by atoms with Gasteiger partial charge in [0.2, 0.25) is 5.13 Å². The van der Waals surface area contributed by atoms with Crippen molar-refractivity contribution in [2.75, 3.05) is 32.3 Å². The molecule has 0 saturated heterocycles. The molecule has 0 aliphatic heterocycles. The van der Waals surface area contributed by atoms with Crippen molar-refractivity contribution in [3.05, 3.63) is 54.4 Å². The number of amides is 1. The van der Waals surface area contributed by atoms with E-state index in [1.807, 2.05) is 12.1 Å². The summed E-state index contributed by atoms with van der Waals surface area (Å²) in [5, 5.41) is 9.60. The van der Waals surface area contributed by atoms with E-state index in [0.29, 0.717) is 34.6 Å². The Labute approximate surface area is 155 Å². The van der Waals surface area contributed by atoms with Crippen molar-refractivity contribution in [1.82, 2.24) is 15.2 Å². The van der Waals surface area contributed by atoms with Crippen molar-refractivity contribution >= 4 is 22.4 Å². The Balaban J connectivity index is 1.90. The van der Waals surface area contributed by atoms with Gasteiger partial charge in [0.1, 0.15) is 5.75 Å². The van der Waals surface area contributed by atoms with Gasteiger partial charge in [0, 0.05) is 30.6 Å². The van der Waals surface area contributed by atoms with Gasteiger partial charge >= 0.3 is 0 Å². The molecule has 1 aromatic carbocycles. The predicted molar refractivity (Wildman–Crippen MR) is 99.7 cm³/mol. The first-order chi connectivity index (χ1) is 12.7. The number of aromatic nitrogens is 3. The zero-order valence-corrected chi connectivity index (χ0v) is 15.3. The lowest BCUT2D eigenvalue weighted by molar-refractivity contribution is 0.0975. The summed E-state index contributed by atoms with van der Waals surface area (Å²) in [5.74, 6) is 0.436. The van der Waals surface area contributed by atoms with Crippen LogP contribution in [0.15, 0.2) is 48.8 Å². The number of nitrogens with zero attached hydrogens (tertiary/aromatic N) is 4. The van der Waals surface area contributed by atoms with Gasteiger partial charge in [-0.25, -0.2) is 0 Å². The Morgan fingerprint density at radius 3 is 2.81 bits per heavy atom. The van der Waals surface area contributed by atoms with E-state index in [2.05, 4.69) is 15.2 Å². The van der Waals surface area contributed by atoms with Gasteiger partial charge in [-0.3, -0.25) is 14.7 Å². The molecule has 0 aliphatic rings. The Kier molecular flexibility index (Phi) is 5.88. The van der Waals surface area contributed by atoms with E-state index in [1.54, 1.807) is 55.8 Å². The van der Waals surface area contributed by atoms with Crippen molar-refractivity contribution < 1.29 is 14.3 Å². The lowest BCUT2D eigenvalue weighted by Crippen LogP contribution is -2.33. The molecule has 1 amide bonds. The molecule has 2 aromatic heterocycles. The van der Waals surface area contributed by atoms with E-state index in [4.69, 9.17) is 9.47 Å². The first kappa shape index (κ1) is 18.0. The summed E-state index contributed by atoms with van der Waals surface area (Å²) >= 11 is 1.33. The molecule has 0 unspecified atom stereocenters. The summed E-state index contributed by atoms with van der Waals surface area (Å²) in [6.45, 7) is 0.756. The first-order valence-electron chi connectivity index (χ1n) is 7.91. The quantitative estimate of drug-likeness (QED) is 0.636. The number of ether oxygens (including phenoxy) is 2. The molecule has 3 aromatic rings. The van der Waals surface area contributed by atoms with Crippen LogP contribution in [0.5, 0.6) is 5.75 Å². The van der Waals surface area contributed by atoms with Crippen LogP contribution in [0.25, 0.3) is 10.6 Å². The van der Waals surface area contributed by atoms with Crippen molar-refractivity contribution in [1.29, 1.82) is 0 Å². The number of pyridine rings is 1. The van der Waals surface area contributed by atoms with E-state index in [-0.39, 0.29) is 5.91 Å². The minimum Gasteiger partial charge on any atom is -0.497 e. The van der Waals surface area contributed by atoms with Crippen molar-refractivity contribution in [3.8, 4) is 16.3 Å². The maximum Gasteiger partial charge on any atom is 0.260 e. The lowest BCUT2D eigenvalue weighted by atomic mass is 10.2. The molecular formula is C18H18N4O3S. The third-order valence-corrected chi connectivity index (χ3v) is 4.63. The molecule has 0 aliphatic carbocycles. The topological polar surface area (TPSA) is 77.4 Å². The van der Waals surface area contributed by atoms with Crippen LogP contribution < -0.4 is 9.64 Å². The Bertz CT molecular complexity index is 870. The summed E-state index contributed by atoms with van der Waals surface area (Å²) in [4.78, 5) is 18.7. The predicted octanol–water partition coefficient (Wildman–Crippen LogP) is 2.90. The molecular weight excluding hydrogens is 352 g/mol. The van der Waals surface area contributed by atoms with Crippen LogP contribution in [0.1, 0.15) is 10.4 Å². The average molecular weight is 370 g/mol. The number of carbonyl (C=O) groups excluding carboxylic acids is 1. The minimum atomic E-state index is -0.185. The van der Waals surface area contributed by atoms with E-state index >= 15 is 0 Å².